The van der Waals surface area contributed by atoms with Crippen molar-refractivity contribution in [2.45, 2.75) is 18.1 Å². The lowest BCUT2D eigenvalue weighted by molar-refractivity contribution is -0.143. The highest BCUT2D eigenvalue weighted by atomic mass is 32.2. The number of nitrogens with zero attached hydrogens (tertiary/aromatic N) is 1. The first-order valence-corrected chi connectivity index (χ1v) is 9.41. The molecule has 0 unspecified atom stereocenters. The molecule has 0 fully saturated rings. The highest BCUT2D eigenvalue weighted by Gasteiger charge is 2.37. The molecule has 0 amide bonds. The Balaban J connectivity index is 2.38. The predicted molar refractivity (Wildman–Crippen MR) is 92.8 cm³/mol. The van der Waals surface area contributed by atoms with E-state index in [1.54, 1.807) is 18.2 Å². The fourth-order valence-electron chi connectivity index (χ4n) is 2.25. The number of benzene rings is 2. The van der Waals surface area contributed by atoms with Crippen LogP contribution in [0.1, 0.15) is 16.7 Å². The lowest BCUT2D eigenvalue weighted by Crippen LogP contribution is -2.12. The van der Waals surface area contributed by atoms with Gasteiger partial charge in [-0.25, -0.2) is 8.42 Å². The number of nitriles is 1. The molecule has 0 radical (unpaired) electrons. The van der Waals surface area contributed by atoms with Gasteiger partial charge in [-0.3, -0.25) is 0 Å². The highest BCUT2D eigenvalue weighted by Crippen LogP contribution is 2.37. The summed E-state index contributed by atoms with van der Waals surface area (Å²) in [5.41, 5.74) is -3.47. The summed E-state index contributed by atoms with van der Waals surface area (Å²) in [6.45, 7) is 0. The normalized spacial score (nSPS) is 13.1. The van der Waals surface area contributed by atoms with Gasteiger partial charge in [0.1, 0.15) is 6.07 Å². The van der Waals surface area contributed by atoms with Crippen LogP contribution in [0.5, 0.6) is 0 Å². The molecule has 0 atom stereocenters. The number of anilines is 1. The second kappa shape index (κ2) is 8.16. The number of allylic oxidation sites excluding steroid dienone is 1. The van der Waals surface area contributed by atoms with Crippen molar-refractivity contribution in [3.8, 4) is 6.07 Å². The van der Waals surface area contributed by atoms with Crippen molar-refractivity contribution in [1.29, 1.82) is 5.26 Å². The van der Waals surface area contributed by atoms with Gasteiger partial charge in [-0.1, -0.05) is 30.3 Å². The first-order chi connectivity index (χ1) is 13.3. The van der Waals surface area contributed by atoms with Crippen LogP contribution in [0.15, 0.2) is 59.6 Å². The molecule has 29 heavy (non-hydrogen) atoms. The zero-order valence-electron chi connectivity index (χ0n) is 14.3. The molecule has 1 N–H and O–H groups in total. The van der Waals surface area contributed by atoms with Crippen LogP contribution < -0.4 is 5.32 Å². The Bertz CT molecular complexity index is 1020. The molecule has 0 bridgehead atoms. The summed E-state index contributed by atoms with van der Waals surface area (Å²) in [5.74, 6) is -0.564. The fraction of sp³-hybridized carbons (Fsp3) is 0.167. The van der Waals surface area contributed by atoms with Crippen molar-refractivity contribution in [1.82, 2.24) is 0 Å². The third-order valence-corrected chi connectivity index (χ3v) is 5.19. The van der Waals surface area contributed by atoms with Gasteiger partial charge in [0.2, 0.25) is 0 Å². The SMILES string of the molecule is N#C/C(=C\Nc1cc(C(F)(F)F)cc(C(F)(F)F)c1)S(=O)(=O)Cc1ccccc1. The maximum atomic E-state index is 12.9. The summed E-state index contributed by atoms with van der Waals surface area (Å²) in [7, 11) is -4.18. The zero-order chi connectivity index (χ0) is 21.9. The van der Waals surface area contributed by atoms with Gasteiger partial charge < -0.3 is 5.32 Å². The number of hydrogen-bond donors (Lipinski definition) is 1. The van der Waals surface area contributed by atoms with Crippen LogP contribution in [0.3, 0.4) is 0 Å². The average Bonchev–Trinajstić information content (AvgIpc) is 2.60. The van der Waals surface area contributed by atoms with Crippen molar-refractivity contribution in [2.75, 3.05) is 5.32 Å². The number of hydrogen-bond acceptors (Lipinski definition) is 4. The lowest BCUT2D eigenvalue weighted by atomic mass is 10.1. The molecular formula is C18H12F6N2O2S. The fourth-order valence-corrected chi connectivity index (χ4v) is 3.41. The molecule has 0 aromatic heterocycles. The second-order valence-electron chi connectivity index (χ2n) is 5.80. The van der Waals surface area contributed by atoms with Crippen LogP contribution >= 0.6 is 0 Å². The van der Waals surface area contributed by atoms with Crippen LogP contribution in [0.25, 0.3) is 0 Å². The molecule has 2 rings (SSSR count). The Morgan fingerprint density at radius 2 is 1.48 bits per heavy atom. The van der Waals surface area contributed by atoms with Crippen molar-refractivity contribution < 1.29 is 34.8 Å². The number of alkyl halides is 6. The molecule has 0 aliphatic heterocycles. The Hall–Kier alpha value is -3.00. The summed E-state index contributed by atoms with van der Waals surface area (Å²) in [6.07, 6.45) is -9.55. The molecule has 2 aromatic carbocycles. The third kappa shape index (κ3) is 5.99. The minimum atomic E-state index is -5.06. The van der Waals surface area contributed by atoms with Crippen molar-refractivity contribution >= 4 is 15.5 Å². The zero-order valence-corrected chi connectivity index (χ0v) is 15.2. The van der Waals surface area contributed by atoms with E-state index in [1.807, 2.05) is 5.32 Å². The maximum Gasteiger partial charge on any atom is 0.416 e. The minimum absolute atomic E-state index is 0.0632. The van der Waals surface area contributed by atoms with Gasteiger partial charge in [0, 0.05) is 11.9 Å². The van der Waals surface area contributed by atoms with Crippen LogP contribution in [0.2, 0.25) is 0 Å². The van der Waals surface area contributed by atoms with E-state index < -0.39 is 49.7 Å². The first kappa shape index (κ1) is 22.3. The van der Waals surface area contributed by atoms with Gasteiger partial charge in [-0.2, -0.15) is 31.6 Å². The minimum Gasteiger partial charge on any atom is -0.360 e. The lowest BCUT2D eigenvalue weighted by Gasteiger charge is -2.14. The summed E-state index contributed by atoms with van der Waals surface area (Å²) in [6, 6.07) is 9.84. The van der Waals surface area contributed by atoms with Crippen molar-refractivity contribution in [3.05, 3.63) is 76.3 Å². The van der Waals surface area contributed by atoms with E-state index in [4.69, 9.17) is 5.26 Å². The molecule has 0 aliphatic rings. The third-order valence-electron chi connectivity index (χ3n) is 3.60. The summed E-state index contributed by atoms with van der Waals surface area (Å²) in [4.78, 5) is -0.840. The largest absolute Gasteiger partial charge is 0.416 e. The van der Waals surface area contributed by atoms with Crippen LogP contribution in [0.4, 0.5) is 32.0 Å². The molecule has 0 spiro atoms. The predicted octanol–water partition coefficient (Wildman–Crippen LogP) is 5.12. The molecule has 0 heterocycles. The summed E-state index contributed by atoms with van der Waals surface area (Å²) in [5, 5.41) is 11.1. The summed E-state index contributed by atoms with van der Waals surface area (Å²) >= 11 is 0. The monoisotopic (exact) mass is 434 g/mol. The topological polar surface area (TPSA) is 70.0 Å². The van der Waals surface area contributed by atoms with Gasteiger partial charge in [0.05, 0.1) is 16.9 Å². The standard InChI is InChI=1S/C18H12F6N2O2S/c19-17(20,21)13-6-14(18(22,23)24)8-15(7-13)26-10-16(9-25)29(27,28)11-12-4-2-1-3-5-12/h1-8,10,26H,11H2/b16-10+. The highest BCUT2D eigenvalue weighted by molar-refractivity contribution is 7.94. The molecule has 0 saturated carbocycles. The Kier molecular flexibility index (Phi) is 6.27. The van der Waals surface area contributed by atoms with Crippen LogP contribution in [-0.2, 0) is 27.9 Å². The molecule has 154 valence electrons. The average molecular weight is 434 g/mol. The quantitative estimate of drug-likeness (QED) is 0.524. The van der Waals surface area contributed by atoms with Gasteiger partial charge >= 0.3 is 12.4 Å². The van der Waals surface area contributed by atoms with Gasteiger partial charge in [0.15, 0.2) is 14.7 Å². The first-order valence-electron chi connectivity index (χ1n) is 7.76. The molecule has 2 aromatic rings. The van der Waals surface area contributed by atoms with E-state index in [1.165, 1.54) is 18.2 Å². The van der Waals surface area contributed by atoms with Crippen LogP contribution in [-0.4, -0.2) is 8.42 Å². The van der Waals surface area contributed by atoms with E-state index in [9.17, 15) is 34.8 Å². The molecule has 0 aliphatic carbocycles. The number of sulfone groups is 1. The van der Waals surface area contributed by atoms with Gasteiger partial charge in [-0.15, -0.1) is 0 Å². The Morgan fingerprint density at radius 3 is 1.93 bits per heavy atom. The number of nitrogens with one attached hydrogen (secondary N) is 1. The molecule has 11 heteroatoms. The Morgan fingerprint density at radius 1 is 0.966 bits per heavy atom. The van der Waals surface area contributed by atoms with Gasteiger partial charge in [0.25, 0.3) is 0 Å². The smallest absolute Gasteiger partial charge is 0.360 e. The number of halogens is 6. The maximum absolute atomic E-state index is 12.9. The van der Waals surface area contributed by atoms with E-state index in [0.29, 0.717) is 23.9 Å². The van der Waals surface area contributed by atoms with E-state index in [-0.39, 0.29) is 6.07 Å². The molecular weight excluding hydrogens is 422 g/mol. The second-order valence-corrected chi connectivity index (χ2v) is 7.76. The van der Waals surface area contributed by atoms with Crippen molar-refractivity contribution in [2.24, 2.45) is 0 Å². The molecule has 0 saturated heterocycles. The van der Waals surface area contributed by atoms with Crippen molar-refractivity contribution in [3.63, 3.8) is 0 Å². The molecule has 4 nitrogen and oxygen atoms in total. The van der Waals surface area contributed by atoms with E-state index >= 15 is 0 Å². The van der Waals surface area contributed by atoms with E-state index in [0.717, 1.165) is 0 Å². The number of rotatable bonds is 5. The van der Waals surface area contributed by atoms with Crippen LogP contribution in [0, 0.1) is 11.3 Å². The summed E-state index contributed by atoms with van der Waals surface area (Å²) < 4.78 is 102. The van der Waals surface area contributed by atoms with E-state index in [2.05, 4.69) is 0 Å². The Labute approximate surface area is 162 Å². The van der Waals surface area contributed by atoms with Gasteiger partial charge in [-0.05, 0) is 23.8 Å².